The highest BCUT2D eigenvalue weighted by Crippen LogP contribution is 2.42. The van der Waals surface area contributed by atoms with E-state index in [9.17, 15) is 27.6 Å². The molecule has 0 bridgehead atoms. The molecule has 0 aliphatic carbocycles. The molecule has 1 aromatic carbocycles. The molecule has 0 unspecified atom stereocenters. The molecule has 0 spiro atoms. The molecule has 0 radical (unpaired) electrons. The van der Waals surface area contributed by atoms with Gasteiger partial charge < -0.3 is 20.0 Å². The third-order valence-corrected chi connectivity index (χ3v) is 7.53. The largest absolute Gasteiger partial charge is 0.416 e. The minimum atomic E-state index is -4.68. The van der Waals surface area contributed by atoms with Crippen LogP contribution in [0.1, 0.15) is 43.9 Å². The molecular formula is C28H36F3N5O3. The van der Waals surface area contributed by atoms with Crippen molar-refractivity contribution in [1.29, 1.82) is 0 Å². The highest BCUT2D eigenvalue weighted by atomic mass is 19.4. The van der Waals surface area contributed by atoms with Crippen LogP contribution in [0.4, 0.5) is 18.0 Å². The average molecular weight is 548 g/mol. The molecule has 8 nitrogen and oxygen atoms in total. The van der Waals surface area contributed by atoms with Gasteiger partial charge in [0.1, 0.15) is 6.04 Å². The minimum Gasteiger partial charge on any atom is -0.340 e. The molecule has 1 aromatic rings. The quantitative estimate of drug-likeness (QED) is 0.529. The van der Waals surface area contributed by atoms with Crippen LogP contribution in [0.2, 0.25) is 0 Å². The van der Waals surface area contributed by atoms with E-state index in [0.717, 1.165) is 19.0 Å². The number of hydrogen-bond acceptors (Lipinski definition) is 4. The first-order chi connectivity index (χ1) is 18.4. The Labute approximate surface area is 227 Å². The highest BCUT2D eigenvalue weighted by molar-refractivity contribution is 6.03. The maximum absolute atomic E-state index is 14.1. The van der Waals surface area contributed by atoms with Gasteiger partial charge in [0.2, 0.25) is 5.91 Å². The van der Waals surface area contributed by atoms with Crippen LogP contribution >= 0.6 is 0 Å². The van der Waals surface area contributed by atoms with E-state index in [2.05, 4.69) is 16.8 Å². The second-order valence-electron chi connectivity index (χ2n) is 10.8. The summed E-state index contributed by atoms with van der Waals surface area (Å²) in [4.78, 5) is 47.8. The summed E-state index contributed by atoms with van der Waals surface area (Å²) in [6, 6.07) is 2.22. The van der Waals surface area contributed by atoms with E-state index in [4.69, 9.17) is 0 Å². The lowest BCUT2D eigenvalue weighted by atomic mass is 9.91. The third-order valence-electron chi connectivity index (χ3n) is 7.53. The Morgan fingerprint density at radius 1 is 1.15 bits per heavy atom. The third kappa shape index (κ3) is 5.83. The summed E-state index contributed by atoms with van der Waals surface area (Å²) in [5.74, 6) is -0.634. The van der Waals surface area contributed by atoms with Crippen molar-refractivity contribution in [2.45, 2.75) is 44.9 Å². The zero-order valence-electron chi connectivity index (χ0n) is 22.6. The van der Waals surface area contributed by atoms with Crippen LogP contribution in [-0.4, -0.2) is 89.8 Å². The zero-order valence-corrected chi connectivity index (χ0v) is 22.6. The first-order valence-corrected chi connectivity index (χ1v) is 13.3. The number of urea groups is 1. The fourth-order valence-electron chi connectivity index (χ4n) is 5.61. The standard InChI is InChI=1S/C28H36F3N5O3/c1-5-11-35-22-17-36(21(16-18(2)3)25(37)34-13-8-12-33(4)14-15-34)26(38)23(22)24(32-27(35)39)19-9-6-7-10-20(19)28(29,30)31/h5-7,9-10,18,21,24H,1,8,11-17H2,2-4H3,(H,32,39)/t21-,24-/m0/s1. The lowest BCUT2D eigenvalue weighted by Crippen LogP contribution is -2.51. The maximum Gasteiger partial charge on any atom is 0.416 e. The van der Waals surface area contributed by atoms with Crippen molar-refractivity contribution in [2.75, 3.05) is 46.3 Å². The fourth-order valence-corrected chi connectivity index (χ4v) is 5.61. The molecule has 3 heterocycles. The van der Waals surface area contributed by atoms with Crippen LogP contribution in [0.3, 0.4) is 0 Å². The number of likely N-dealkylation sites (N-methyl/N-ethyl adjacent to an activating group) is 1. The normalized spacial score (nSPS) is 21.7. The van der Waals surface area contributed by atoms with E-state index in [0.29, 0.717) is 31.8 Å². The Hall–Kier alpha value is -3.34. The minimum absolute atomic E-state index is 0.0447. The van der Waals surface area contributed by atoms with E-state index in [1.165, 1.54) is 34.1 Å². The topological polar surface area (TPSA) is 76.2 Å². The van der Waals surface area contributed by atoms with Crippen molar-refractivity contribution in [3.63, 3.8) is 0 Å². The Kier molecular flexibility index (Phi) is 8.39. The van der Waals surface area contributed by atoms with Crippen LogP contribution in [0.25, 0.3) is 0 Å². The number of nitrogens with one attached hydrogen (secondary N) is 1. The molecule has 4 amide bonds. The number of carbonyl (C=O) groups is 3. The Balaban J connectivity index is 1.75. The molecule has 39 heavy (non-hydrogen) atoms. The van der Waals surface area contributed by atoms with Crippen LogP contribution in [0, 0.1) is 5.92 Å². The molecule has 3 aliphatic heterocycles. The van der Waals surface area contributed by atoms with Crippen molar-refractivity contribution in [3.05, 3.63) is 59.3 Å². The van der Waals surface area contributed by atoms with Gasteiger partial charge in [-0.25, -0.2) is 4.79 Å². The van der Waals surface area contributed by atoms with E-state index >= 15 is 0 Å². The SMILES string of the molecule is C=CCN1C(=O)N[C@@H](c2ccccc2C(F)(F)F)C2=C1CN([C@@H](CC(C)C)C(=O)N1CCCN(C)CC1)C2=O. The summed E-state index contributed by atoms with van der Waals surface area (Å²) >= 11 is 0. The van der Waals surface area contributed by atoms with Gasteiger partial charge in [-0.3, -0.25) is 14.5 Å². The van der Waals surface area contributed by atoms with Crippen molar-refractivity contribution in [1.82, 2.24) is 24.9 Å². The number of amides is 4. The van der Waals surface area contributed by atoms with E-state index in [1.54, 1.807) is 4.90 Å². The maximum atomic E-state index is 14.1. The van der Waals surface area contributed by atoms with Crippen LogP contribution in [-0.2, 0) is 15.8 Å². The van der Waals surface area contributed by atoms with E-state index in [-0.39, 0.29) is 36.1 Å². The van der Waals surface area contributed by atoms with Crippen LogP contribution in [0.15, 0.2) is 48.2 Å². The summed E-state index contributed by atoms with van der Waals surface area (Å²) in [6.45, 7) is 10.3. The molecule has 3 aliphatic rings. The van der Waals surface area contributed by atoms with Gasteiger partial charge in [0.25, 0.3) is 5.91 Å². The molecule has 0 aromatic heterocycles. The zero-order chi connectivity index (χ0) is 28.5. The summed E-state index contributed by atoms with van der Waals surface area (Å²) in [6.07, 6.45) is -1.99. The molecule has 212 valence electrons. The number of halogens is 3. The fraction of sp³-hybridized carbons (Fsp3) is 0.536. The van der Waals surface area contributed by atoms with Gasteiger partial charge in [-0.15, -0.1) is 6.58 Å². The number of benzene rings is 1. The number of alkyl halides is 3. The van der Waals surface area contributed by atoms with Gasteiger partial charge in [0.15, 0.2) is 0 Å². The number of hydrogen-bond donors (Lipinski definition) is 1. The Morgan fingerprint density at radius 2 is 1.87 bits per heavy atom. The number of carbonyl (C=O) groups excluding carboxylic acids is 3. The molecule has 0 saturated carbocycles. The second kappa shape index (κ2) is 11.4. The Bertz CT molecular complexity index is 1170. The molecular weight excluding hydrogens is 511 g/mol. The number of nitrogens with zero attached hydrogens (tertiary/aromatic N) is 4. The second-order valence-corrected chi connectivity index (χ2v) is 10.8. The van der Waals surface area contributed by atoms with Gasteiger partial charge in [-0.2, -0.15) is 13.2 Å². The molecule has 1 saturated heterocycles. The van der Waals surface area contributed by atoms with Gasteiger partial charge in [0, 0.05) is 26.2 Å². The molecule has 1 fully saturated rings. The van der Waals surface area contributed by atoms with Gasteiger partial charge >= 0.3 is 12.2 Å². The van der Waals surface area contributed by atoms with Crippen molar-refractivity contribution >= 4 is 17.8 Å². The van der Waals surface area contributed by atoms with E-state index in [1.807, 2.05) is 20.9 Å². The highest BCUT2D eigenvalue weighted by Gasteiger charge is 2.49. The van der Waals surface area contributed by atoms with Crippen LogP contribution < -0.4 is 5.32 Å². The first kappa shape index (κ1) is 28.7. The van der Waals surface area contributed by atoms with Crippen molar-refractivity contribution in [3.8, 4) is 0 Å². The molecule has 4 rings (SSSR count). The molecule has 11 heteroatoms. The van der Waals surface area contributed by atoms with Gasteiger partial charge in [-0.1, -0.05) is 38.1 Å². The Morgan fingerprint density at radius 3 is 2.54 bits per heavy atom. The van der Waals surface area contributed by atoms with Crippen molar-refractivity contribution < 1.29 is 27.6 Å². The summed E-state index contributed by atoms with van der Waals surface area (Å²) in [5, 5.41) is 2.62. The smallest absolute Gasteiger partial charge is 0.340 e. The van der Waals surface area contributed by atoms with Crippen molar-refractivity contribution in [2.24, 2.45) is 5.92 Å². The summed E-state index contributed by atoms with van der Waals surface area (Å²) < 4.78 is 41.9. The summed E-state index contributed by atoms with van der Waals surface area (Å²) in [5.41, 5.74) is -0.760. The lowest BCUT2D eigenvalue weighted by molar-refractivity contribution is -0.143. The first-order valence-electron chi connectivity index (χ1n) is 13.3. The molecule has 1 N–H and O–H groups in total. The predicted octanol–water partition coefficient (Wildman–Crippen LogP) is 3.63. The lowest BCUT2D eigenvalue weighted by Gasteiger charge is -2.34. The monoisotopic (exact) mass is 547 g/mol. The summed E-state index contributed by atoms with van der Waals surface area (Å²) in [7, 11) is 2.00. The van der Waals surface area contributed by atoms with Crippen LogP contribution in [0.5, 0.6) is 0 Å². The molecule has 2 atom stereocenters. The predicted molar refractivity (Wildman–Crippen MR) is 140 cm³/mol. The van der Waals surface area contributed by atoms with Gasteiger partial charge in [0.05, 0.1) is 29.4 Å². The number of rotatable bonds is 7. The van der Waals surface area contributed by atoms with E-state index < -0.39 is 35.8 Å². The average Bonchev–Trinajstić information content (AvgIpc) is 3.05. The van der Waals surface area contributed by atoms with Gasteiger partial charge in [-0.05, 0) is 44.0 Å².